The Labute approximate surface area is 183 Å². The summed E-state index contributed by atoms with van der Waals surface area (Å²) in [5.41, 5.74) is 6.42. The molecule has 0 aliphatic carbocycles. The van der Waals surface area contributed by atoms with E-state index < -0.39 is 6.04 Å². The minimum atomic E-state index is -0.663. The van der Waals surface area contributed by atoms with Crippen molar-refractivity contribution in [2.24, 2.45) is 0 Å². The summed E-state index contributed by atoms with van der Waals surface area (Å²) in [5, 5.41) is 12.3. The van der Waals surface area contributed by atoms with Crippen molar-refractivity contribution in [1.29, 1.82) is 5.26 Å². The average molecular weight is 414 g/mol. The zero-order valence-corrected chi connectivity index (χ0v) is 18.3. The second-order valence-electron chi connectivity index (χ2n) is 7.60. The Balaban J connectivity index is 2.01. The molecule has 5 heteroatoms. The molecule has 3 aromatic rings. The Morgan fingerprint density at radius 1 is 1.06 bits per heavy atom. The number of aryl methyl sites for hydroxylation is 1. The molecule has 0 radical (unpaired) electrons. The standard InChI is InChI=1S/C26H27N3O2/c1-5-31-26(30)25(28-23-11-9-19(17-27)10-12-23)22-14-18(2)13-21(15-22)20-7-6-8-24(16-20)29(3)4/h6-16,25,28H,5H2,1-4H3. The number of carbonyl (C=O) groups is 1. The summed E-state index contributed by atoms with van der Waals surface area (Å²) in [6.45, 7) is 4.12. The van der Waals surface area contributed by atoms with Gasteiger partial charge in [0, 0.05) is 25.5 Å². The fourth-order valence-electron chi connectivity index (χ4n) is 3.42. The van der Waals surface area contributed by atoms with Gasteiger partial charge in [0.2, 0.25) is 0 Å². The van der Waals surface area contributed by atoms with Crippen LogP contribution in [0.1, 0.15) is 29.7 Å². The highest BCUT2D eigenvalue weighted by molar-refractivity contribution is 5.82. The number of nitrogens with one attached hydrogen (secondary N) is 1. The number of hydrogen-bond acceptors (Lipinski definition) is 5. The second kappa shape index (κ2) is 9.82. The molecule has 1 unspecified atom stereocenters. The summed E-state index contributed by atoms with van der Waals surface area (Å²) in [6.07, 6.45) is 0. The van der Waals surface area contributed by atoms with Crippen LogP contribution in [0.25, 0.3) is 11.1 Å². The Kier molecular flexibility index (Phi) is 6.94. The van der Waals surface area contributed by atoms with Gasteiger partial charge in [-0.05, 0) is 73.0 Å². The van der Waals surface area contributed by atoms with Crippen LogP contribution in [0, 0.1) is 18.3 Å². The molecular formula is C26H27N3O2. The van der Waals surface area contributed by atoms with E-state index in [1.165, 1.54) is 0 Å². The minimum Gasteiger partial charge on any atom is -0.464 e. The van der Waals surface area contributed by atoms with Crippen molar-refractivity contribution >= 4 is 17.3 Å². The summed E-state index contributed by atoms with van der Waals surface area (Å²) in [4.78, 5) is 14.9. The van der Waals surface area contributed by atoms with E-state index in [9.17, 15) is 4.79 Å². The van der Waals surface area contributed by atoms with Crippen LogP contribution in [0.3, 0.4) is 0 Å². The zero-order chi connectivity index (χ0) is 22.4. The van der Waals surface area contributed by atoms with Crippen LogP contribution in [0.2, 0.25) is 0 Å². The molecular weight excluding hydrogens is 386 g/mol. The number of benzene rings is 3. The SMILES string of the molecule is CCOC(=O)C(Nc1ccc(C#N)cc1)c1cc(C)cc(-c2cccc(N(C)C)c2)c1. The Hall–Kier alpha value is -3.78. The fourth-order valence-corrected chi connectivity index (χ4v) is 3.42. The van der Waals surface area contributed by atoms with Gasteiger partial charge < -0.3 is 15.0 Å². The third-order valence-electron chi connectivity index (χ3n) is 4.98. The van der Waals surface area contributed by atoms with E-state index in [2.05, 4.69) is 40.6 Å². The van der Waals surface area contributed by atoms with Gasteiger partial charge in [0.1, 0.15) is 0 Å². The molecule has 0 saturated carbocycles. The van der Waals surface area contributed by atoms with Gasteiger partial charge in [-0.25, -0.2) is 4.79 Å². The van der Waals surface area contributed by atoms with Crippen molar-refractivity contribution in [2.45, 2.75) is 19.9 Å². The molecule has 0 aromatic heterocycles. The Morgan fingerprint density at radius 3 is 2.45 bits per heavy atom. The maximum Gasteiger partial charge on any atom is 0.333 e. The second-order valence-corrected chi connectivity index (χ2v) is 7.60. The number of carbonyl (C=O) groups excluding carboxylic acids is 1. The molecule has 31 heavy (non-hydrogen) atoms. The van der Waals surface area contributed by atoms with Crippen LogP contribution in [-0.4, -0.2) is 26.7 Å². The van der Waals surface area contributed by atoms with Gasteiger partial charge in [0.15, 0.2) is 6.04 Å². The molecule has 158 valence electrons. The molecule has 0 saturated heterocycles. The minimum absolute atomic E-state index is 0.300. The smallest absolute Gasteiger partial charge is 0.333 e. The first kappa shape index (κ1) is 21.9. The predicted molar refractivity (Wildman–Crippen MR) is 125 cm³/mol. The molecule has 0 fully saturated rings. The largest absolute Gasteiger partial charge is 0.464 e. The lowest BCUT2D eigenvalue weighted by atomic mass is 9.96. The molecule has 1 atom stereocenters. The van der Waals surface area contributed by atoms with E-state index in [4.69, 9.17) is 10.00 Å². The topological polar surface area (TPSA) is 65.4 Å². The Morgan fingerprint density at radius 2 is 1.81 bits per heavy atom. The molecule has 0 aliphatic rings. The van der Waals surface area contributed by atoms with E-state index in [1.807, 2.05) is 39.2 Å². The number of esters is 1. The summed E-state index contributed by atoms with van der Waals surface area (Å²) in [5.74, 6) is -0.342. The number of ether oxygens (including phenoxy) is 1. The highest BCUT2D eigenvalue weighted by Crippen LogP contribution is 2.30. The Bertz CT molecular complexity index is 1100. The van der Waals surface area contributed by atoms with Gasteiger partial charge in [0.05, 0.1) is 18.2 Å². The fraction of sp³-hybridized carbons (Fsp3) is 0.231. The number of nitriles is 1. The molecule has 0 bridgehead atoms. The monoisotopic (exact) mass is 413 g/mol. The van der Waals surface area contributed by atoms with Crippen molar-refractivity contribution in [3.05, 3.63) is 83.4 Å². The lowest BCUT2D eigenvalue weighted by Crippen LogP contribution is -2.23. The van der Waals surface area contributed by atoms with Crippen LogP contribution in [-0.2, 0) is 9.53 Å². The van der Waals surface area contributed by atoms with E-state index in [1.54, 1.807) is 31.2 Å². The van der Waals surface area contributed by atoms with Crippen LogP contribution >= 0.6 is 0 Å². The molecule has 0 aliphatic heterocycles. The number of nitrogens with zero attached hydrogens (tertiary/aromatic N) is 2. The van der Waals surface area contributed by atoms with Crippen molar-refractivity contribution < 1.29 is 9.53 Å². The number of hydrogen-bond donors (Lipinski definition) is 1. The third-order valence-corrected chi connectivity index (χ3v) is 4.98. The molecule has 1 N–H and O–H groups in total. The highest BCUT2D eigenvalue weighted by Gasteiger charge is 2.23. The highest BCUT2D eigenvalue weighted by atomic mass is 16.5. The van der Waals surface area contributed by atoms with E-state index in [0.29, 0.717) is 12.2 Å². The average Bonchev–Trinajstić information content (AvgIpc) is 2.77. The number of rotatable bonds is 7. The molecule has 0 heterocycles. The summed E-state index contributed by atoms with van der Waals surface area (Å²) >= 11 is 0. The summed E-state index contributed by atoms with van der Waals surface area (Å²) < 4.78 is 5.35. The first-order valence-electron chi connectivity index (χ1n) is 10.2. The van der Waals surface area contributed by atoms with E-state index in [0.717, 1.165) is 33.6 Å². The molecule has 0 spiro atoms. The lowest BCUT2D eigenvalue weighted by Gasteiger charge is -2.21. The van der Waals surface area contributed by atoms with Crippen molar-refractivity contribution in [3.8, 4) is 17.2 Å². The molecule has 3 rings (SSSR count). The van der Waals surface area contributed by atoms with Crippen molar-refractivity contribution in [3.63, 3.8) is 0 Å². The normalized spacial score (nSPS) is 11.3. The van der Waals surface area contributed by atoms with Gasteiger partial charge in [-0.15, -0.1) is 0 Å². The zero-order valence-electron chi connectivity index (χ0n) is 18.3. The predicted octanol–water partition coefficient (Wildman–Crippen LogP) is 5.32. The quantitative estimate of drug-likeness (QED) is 0.531. The lowest BCUT2D eigenvalue weighted by molar-refractivity contribution is -0.144. The van der Waals surface area contributed by atoms with Crippen molar-refractivity contribution in [1.82, 2.24) is 0 Å². The van der Waals surface area contributed by atoms with Gasteiger partial charge >= 0.3 is 5.97 Å². The van der Waals surface area contributed by atoms with E-state index >= 15 is 0 Å². The maximum absolute atomic E-state index is 12.8. The van der Waals surface area contributed by atoms with Gasteiger partial charge in [-0.1, -0.05) is 29.8 Å². The first-order chi connectivity index (χ1) is 14.9. The maximum atomic E-state index is 12.8. The van der Waals surface area contributed by atoms with Gasteiger partial charge in [0.25, 0.3) is 0 Å². The summed E-state index contributed by atoms with van der Waals surface area (Å²) in [6, 6.07) is 22.9. The van der Waals surface area contributed by atoms with Crippen molar-refractivity contribution in [2.75, 3.05) is 30.9 Å². The van der Waals surface area contributed by atoms with Crippen LogP contribution in [0.5, 0.6) is 0 Å². The molecule has 0 amide bonds. The van der Waals surface area contributed by atoms with Crippen LogP contribution < -0.4 is 10.2 Å². The van der Waals surface area contributed by atoms with Crippen LogP contribution in [0.4, 0.5) is 11.4 Å². The molecule has 5 nitrogen and oxygen atoms in total. The third kappa shape index (κ3) is 5.43. The molecule has 3 aromatic carbocycles. The van der Waals surface area contributed by atoms with Gasteiger partial charge in [-0.2, -0.15) is 5.26 Å². The van der Waals surface area contributed by atoms with Gasteiger partial charge in [-0.3, -0.25) is 0 Å². The summed E-state index contributed by atoms with van der Waals surface area (Å²) in [7, 11) is 4.03. The first-order valence-corrected chi connectivity index (χ1v) is 10.2. The van der Waals surface area contributed by atoms with Crippen LogP contribution in [0.15, 0.2) is 66.7 Å². The van der Waals surface area contributed by atoms with E-state index in [-0.39, 0.29) is 5.97 Å². The number of anilines is 2.